The third-order valence-corrected chi connectivity index (χ3v) is 4.79. The van der Waals surface area contributed by atoms with Crippen LogP contribution in [0.2, 0.25) is 0 Å². The van der Waals surface area contributed by atoms with Crippen LogP contribution >= 0.6 is 15.9 Å². The number of hydrogen-bond acceptors (Lipinski definition) is 5. The van der Waals surface area contributed by atoms with Crippen LogP contribution < -0.4 is 15.4 Å². The summed E-state index contributed by atoms with van der Waals surface area (Å²) < 4.78 is 8.34. The minimum absolute atomic E-state index is 0.145. The van der Waals surface area contributed by atoms with E-state index in [2.05, 4.69) is 36.6 Å². The molecule has 2 amide bonds. The van der Waals surface area contributed by atoms with Crippen molar-refractivity contribution in [3.8, 4) is 5.75 Å². The normalized spacial score (nSPS) is 15.5. The fourth-order valence-corrected chi connectivity index (χ4v) is 3.27. The number of nitrogens with zero attached hydrogens (tertiary/aromatic N) is 3. The first kappa shape index (κ1) is 18.2. The molecular formula is C19H16BrN5O3. The lowest BCUT2D eigenvalue weighted by Gasteiger charge is -2.25. The van der Waals surface area contributed by atoms with E-state index in [9.17, 15) is 9.59 Å². The molecular weight excluding hydrogens is 426 g/mol. The molecule has 0 saturated heterocycles. The monoisotopic (exact) mass is 441 g/mol. The van der Waals surface area contributed by atoms with Gasteiger partial charge in [-0.3, -0.25) is 14.9 Å². The molecule has 0 unspecified atom stereocenters. The Bertz CT molecular complexity index is 1020. The van der Waals surface area contributed by atoms with Crippen molar-refractivity contribution in [2.45, 2.75) is 12.5 Å². The molecule has 8 nitrogen and oxygen atoms in total. The third kappa shape index (κ3) is 3.89. The first-order valence-electron chi connectivity index (χ1n) is 8.56. The summed E-state index contributed by atoms with van der Waals surface area (Å²) in [5.41, 5.74) is 1.45. The molecule has 1 aromatic heterocycles. The SMILES string of the molecule is O=C(COc1ccccc1[C@@H]1CC(=O)Nc2ncnn21)Nc1ccc(Br)cc1. The second kappa shape index (κ2) is 7.81. The molecule has 2 heterocycles. The maximum Gasteiger partial charge on any atom is 0.262 e. The van der Waals surface area contributed by atoms with Gasteiger partial charge in [-0.1, -0.05) is 34.1 Å². The Balaban J connectivity index is 1.49. The second-order valence-corrected chi connectivity index (χ2v) is 7.09. The van der Waals surface area contributed by atoms with E-state index in [0.717, 1.165) is 10.0 Å². The van der Waals surface area contributed by atoms with Gasteiger partial charge in [-0.15, -0.1) is 0 Å². The van der Waals surface area contributed by atoms with E-state index in [1.165, 1.54) is 6.33 Å². The Morgan fingerprint density at radius 2 is 2.04 bits per heavy atom. The van der Waals surface area contributed by atoms with E-state index in [0.29, 0.717) is 17.4 Å². The highest BCUT2D eigenvalue weighted by atomic mass is 79.9. The van der Waals surface area contributed by atoms with Crippen LogP contribution in [0.5, 0.6) is 5.75 Å². The van der Waals surface area contributed by atoms with Crippen LogP contribution in [0.4, 0.5) is 11.6 Å². The predicted octanol–water partition coefficient (Wildman–Crippen LogP) is 2.99. The van der Waals surface area contributed by atoms with Gasteiger partial charge >= 0.3 is 0 Å². The van der Waals surface area contributed by atoms with Gasteiger partial charge in [0, 0.05) is 15.7 Å². The molecule has 0 fully saturated rings. The molecule has 0 spiro atoms. The van der Waals surface area contributed by atoms with Crippen LogP contribution in [0.3, 0.4) is 0 Å². The highest BCUT2D eigenvalue weighted by Gasteiger charge is 2.29. The fourth-order valence-electron chi connectivity index (χ4n) is 3.01. The van der Waals surface area contributed by atoms with Gasteiger partial charge in [-0.25, -0.2) is 4.68 Å². The van der Waals surface area contributed by atoms with Crippen LogP contribution in [0.1, 0.15) is 18.0 Å². The van der Waals surface area contributed by atoms with Crippen LogP contribution in [0.25, 0.3) is 0 Å². The lowest BCUT2D eigenvalue weighted by molar-refractivity contribution is -0.118. The zero-order valence-corrected chi connectivity index (χ0v) is 16.2. The van der Waals surface area contributed by atoms with Crippen molar-refractivity contribution >= 4 is 39.4 Å². The second-order valence-electron chi connectivity index (χ2n) is 6.18. The summed E-state index contributed by atoms with van der Waals surface area (Å²) in [5.74, 6) is 0.492. The third-order valence-electron chi connectivity index (χ3n) is 4.26. The van der Waals surface area contributed by atoms with E-state index in [1.807, 2.05) is 30.3 Å². The zero-order chi connectivity index (χ0) is 19.5. The summed E-state index contributed by atoms with van der Waals surface area (Å²) in [6.07, 6.45) is 1.60. The molecule has 28 heavy (non-hydrogen) atoms. The molecule has 1 aliphatic rings. The lowest BCUT2D eigenvalue weighted by Crippen LogP contribution is -2.29. The largest absolute Gasteiger partial charge is 0.483 e. The molecule has 4 rings (SSSR count). The minimum atomic E-state index is -0.350. The Morgan fingerprint density at radius 3 is 2.86 bits per heavy atom. The Kier molecular flexibility index (Phi) is 5.07. The van der Waals surface area contributed by atoms with Gasteiger partial charge in [0.05, 0.1) is 12.5 Å². The zero-order valence-electron chi connectivity index (χ0n) is 14.6. The quantitative estimate of drug-likeness (QED) is 0.633. The predicted molar refractivity (Wildman–Crippen MR) is 106 cm³/mol. The number of para-hydroxylation sites is 1. The topological polar surface area (TPSA) is 98.1 Å². The van der Waals surface area contributed by atoms with Gasteiger partial charge in [0.1, 0.15) is 12.1 Å². The average Bonchev–Trinajstić information content (AvgIpc) is 3.16. The van der Waals surface area contributed by atoms with Gasteiger partial charge in [0.25, 0.3) is 5.91 Å². The number of rotatable bonds is 5. The van der Waals surface area contributed by atoms with E-state index in [1.54, 1.807) is 22.9 Å². The molecule has 0 aliphatic carbocycles. The number of anilines is 2. The molecule has 2 aromatic carbocycles. The van der Waals surface area contributed by atoms with Gasteiger partial charge in [-0.2, -0.15) is 10.1 Å². The van der Waals surface area contributed by atoms with Crippen molar-refractivity contribution in [1.29, 1.82) is 0 Å². The van der Waals surface area contributed by atoms with Crippen molar-refractivity contribution in [2.24, 2.45) is 0 Å². The standard InChI is InChI=1S/C19H16BrN5O3/c20-12-5-7-13(8-6-12)23-18(27)10-28-16-4-2-1-3-14(16)15-9-17(26)24-19-21-11-22-25(15)19/h1-8,11,15H,9-10H2,(H,23,27)(H,21,22,24,26)/t15-/m0/s1. The molecule has 2 N–H and O–H groups in total. The Hall–Kier alpha value is -3.20. The van der Waals surface area contributed by atoms with Crippen molar-refractivity contribution in [2.75, 3.05) is 17.2 Å². The number of halogens is 1. The summed E-state index contributed by atoms with van der Waals surface area (Å²) in [7, 11) is 0. The molecule has 0 radical (unpaired) electrons. The average molecular weight is 442 g/mol. The maximum absolute atomic E-state index is 12.2. The van der Waals surface area contributed by atoms with Crippen molar-refractivity contribution in [3.05, 3.63) is 64.9 Å². The summed E-state index contributed by atoms with van der Waals surface area (Å²) >= 11 is 3.35. The van der Waals surface area contributed by atoms with Gasteiger partial charge < -0.3 is 10.1 Å². The van der Waals surface area contributed by atoms with Crippen molar-refractivity contribution < 1.29 is 14.3 Å². The summed E-state index contributed by atoms with van der Waals surface area (Å²) in [4.78, 5) is 28.3. The number of benzene rings is 2. The summed E-state index contributed by atoms with van der Waals surface area (Å²) in [5, 5.41) is 9.66. The van der Waals surface area contributed by atoms with Gasteiger partial charge in [0.2, 0.25) is 11.9 Å². The molecule has 1 aliphatic heterocycles. The molecule has 0 saturated carbocycles. The molecule has 142 valence electrons. The molecule has 3 aromatic rings. The number of nitrogens with one attached hydrogen (secondary N) is 2. The molecule has 0 bridgehead atoms. The van der Waals surface area contributed by atoms with E-state index < -0.39 is 0 Å². The summed E-state index contributed by atoms with van der Waals surface area (Å²) in [6.45, 7) is -0.157. The Morgan fingerprint density at radius 1 is 1.25 bits per heavy atom. The molecule has 9 heteroatoms. The number of ether oxygens (including phenoxy) is 1. The number of fused-ring (bicyclic) bond motifs is 1. The first-order chi connectivity index (χ1) is 13.6. The van der Waals surface area contributed by atoms with Crippen molar-refractivity contribution in [3.63, 3.8) is 0 Å². The smallest absolute Gasteiger partial charge is 0.262 e. The highest BCUT2D eigenvalue weighted by Crippen LogP contribution is 2.34. The first-order valence-corrected chi connectivity index (χ1v) is 9.36. The highest BCUT2D eigenvalue weighted by molar-refractivity contribution is 9.10. The number of carbonyl (C=O) groups is 2. The van der Waals surface area contributed by atoms with Gasteiger partial charge in [-0.05, 0) is 30.3 Å². The maximum atomic E-state index is 12.2. The fraction of sp³-hybridized carbons (Fsp3) is 0.158. The number of amides is 2. The number of carbonyl (C=O) groups excluding carboxylic acids is 2. The van der Waals surface area contributed by atoms with Crippen LogP contribution in [0.15, 0.2) is 59.3 Å². The van der Waals surface area contributed by atoms with Gasteiger partial charge in [0.15, 0.2) is 6.61 Å². The number of aromatic nitrogens is 3. The van der Waals surface area contributed by atoms with E-state index in [4.69, 9.17) is 4.74 Å². The van der Waals surface area contributed by atoms with E-state index >= 15 is 0 Å². The van der Waals surface area contributed by atoms with Crippen LogP contribution in [0, 0.1) is 0 Å². The van der Waals surface area contributed by atoms with Crippen molar-refractivity contribution in [1.82, 2.24) is 14.8 Å². The number of hydrogen-bond donors (Lipinski definition) is 2. The lowest BCUT2D eigenvalue weighted by atomic mass is 10.0. The van der Waals surface area contributed by atoms with Crippen LogP contribution in [-0.2, 0) is 9.59 Å². The van der Waals surface area contributed by atoms with Crippen LogP contribution in [-0.4, -0.2) is 33.2 Å². The Labute approximate surface area is 169 Å². The summed E-state index contributed by atoms with van der Waals surface area (Å²) in [6, 6.07) is 14.2. The minimum Gasteiger partial charge on any atom is -0.483 e. The molecule has 1 atom stereocenters. The van der Waals surface area contributed by atoms with E-state index in [-0.39, 0.29) is 30.9 Å².